The van der Waals surface area contributed by atoms with E-state index in [9.17, 15) is 18.0 Å². The van der Waals surface area contributed by atoms with Crippen LogP contribution in [0, 0.1) is 0 Å². The van der Waals surface area contributed by atoms with E-state index < -0.39 is 11.9 Å². The lowest BCUT2D eigenvalue weighted by atomic mass is 9.87. The van der Waals surface area contributed by atoms with Crippen molar-refractivity contribution in [1.29, 1.82) is 0 Å². The molecule has 0 radical (unpaired) electrons. The third-order valence-corrected chi connectivity index (χ3v) is 6.86. The van der Waals surface area contributed by atoms with Crippen molar-refractivity contribution in [1.82, 2.24) is 29.2 Å². The zero-order valence-electron chi connectivity index (χ0n) is 21.2. The number of methoxy groups -OCH3 is 1. The number of imidazole rings is 1. The van der Waals surface area contributed by atoms with Crippen LogP contribution in [0.3, 0.4) is 0 Å². The summed E-state index contributed by atoms with van der Waals surface area (Å²) >= 11 is 0. The van der Waals surface area contributed by atoms with Crippen molar-refractivity contribution in [2.45, 2.75) is 45.6 Å². The third-order valence-electron chi connectivity index (χ3n) is 6.86. The fourth-order valence-corrected chi connectivity index (χ4v) is 4.91. The Morgan fingerprint density at radius 2 is 1.92 bits per heavy atom. The van der Waals surface area contributed by atoms with E-state index in [1.54, 1.807) is 72.7 Å². The fourth-order valence-electron chi connectivity index (χ4n) is 4.91. The van der Waals surface area contributed by atoms with Crippen molar-refractivity contribution in [3.8, 4) is 16.9 Å². The quantitative estimate of drug-likeness (QED) is 0.340. The Labute approximate surface area is 217 Å². The normalized spacial score (nSPS) is 14.5. The first kappa shape index (κ1) is 25.5. The molecule has 0 N–H and O–H groups in total. The van der Waals surface area contributed by atoms with Crippen LogP contribution in [0.15, 0.2) is 55.4 Å². The third kappa shape index (κ3) is 4.75. The number of nitrogens with zero attached hydrogens (tertiary/aromatic N) is 6. The fraction of sp³-hybridized carbons (Fsp3) is 0.333. The van der Waals surface area contributed by atoms with Gasteiger partial charge in [0.25, 0.3) is 5.91 Å². The van der Waals surface area contributed by atoms with E-state index in [4.69, 9.17) is 4.74 Å². The molecule has 0 fully saturated rings. The number of aryl methyl sites for hydroxylation is 1. The minimum atomic E-state index is -4.64. The number of carbonyl (C=O) groups excluding carboxylic acids is 1. The highest BCUT2D eigenvalue weighted by atomic mass is 19.4. The minimum absolute atomic E-state index is 0.0214. The van der Waals surface area contributed by atoms with E-state index >= 15 is 0 Å². The van der Waals surface area contributed by atoms with Crippen LogP contribution in [-0.4, -0.2) is 48.8 Å². The zero-order valence-corrected chi connectivity index (χ0v) is 21.2. The number of ether oxygens (including phenoxy) is 1. The summed E-state index contributed by atoms with van der Waals surface area (Å²) in [4.78, 5) is 24.0. The number of benzene rings is 1. The SMILES string of the molecule is CCn1cc(-c2cc(Cn3ccnc3)cc3c2CCN([C@H](C)c2cc(OC)ccn2)C3=O)c(C(F)(F)F)n1. The molecule has 5 rings (SSSR count). The number of carbonyl (C=O) groups is 1. The smallest absolute Gasteiger partial charge is 0.435 e. The molecule has 1 aliphatic rings. The van der Waals surface area contributed by atoms with E-state index in [1.165, 1.54) is 10.9 Å². The molecule has 4 aromatic rings. The van der Waals surface area contributed by atoms with Gasteiger partial charge >= 0.3 is 6.18 Å². The maximum atomic E-state index is 14.0. The molecule has 3 aromatic heterocycles. The summed E-state index contributed by atoms with van der Waals surface area (Å²) in [6, 6.07) is 6.66. The van der Waals surface area contributed by atoms with Gasteiger partial charge in [0.15, 0.2) is 5.69 Å². The second kappa shape index (κ2) is 9.96. The molecule has 198 valence electrons. The van der Waals surface area contributed by atoms with Crippen LogP contribution in [0.1, 0.15) is 52.8 Å². The maximum absolute atomic E-state index is 14.0. The van der Waals surface area contributed by atoms with Crippen LogP contribution < -0.4 is 4.74 Å². The van der Waals surface area contributed by atoms with Crippen molar-refractivity contribution in [2.75, 3.05) is 13.7 Å². The zero-order chi connectivity index (χ0) is 27.0. The molecular weight excluding hydrogens is 497 g/mol. The van der Waals surface area contributed by atoms with Gasteiger partial charge in [-0.2, -0.15) is 18.3 Å². The summed E-state index contributed by atoms with van der Waals surface area (Å²) in [6.45, 7) is 4.59. The first-order valence-corrected chi connectivity index (χ1v) is 12.3. The number of fused-ring (bicyclic) bond motifs is 1. The highest BCUT2D eigenvalue weighted by molar-refractivity contribution is 5.99. The van der Waals surface area contributed by atoms with Gasteiger partial charge in [-0.15, -0.1) is 0 Å². The summed E-state index contributed by atoms with van der Waals surface area (Å²) in [5, 5.41) is 3.81. The Morgan fingerprint density at radius 1 is 1.13 bits per heavy atom. The van der Waals surface area contributed by atoms with Gasteiger partial charge in [0.2, 0.25) is 0 Å². The Hall–Kier alpha value is -4.15. The average Bonchev–Trinajstić information content (AvgIpc) is 3.58. The number of hydrogen-bond acceptors (Lipinski definition) is 5. The Morgan fingerprint density at radius 3 is 2.61 bits per heavy atom. The number of alkyl halides is 3. The van der Waals surface area contributed by atoms with Crippen molar-refractivity contribution < 1.29 is 22.7 Å². The van der Waals surface area contributed by atoms with E-state index in [2.05, 4.69) is 15.1 Å². The first-order chi connectivity index (χ1) is 18.2. The van der Waals surface area contributed by atoms with Crippen molar-refractivity contribution >= 4 is 5.91 Å². The second-order valence-electron chi connectivity index (χ2n) is 9.19. The van der Waals surface area contributed by atoms with Gasteiger partial charge in [0.05, 0.1) is 25.2 Å². The van der Waals surface area contributed by atoms with Gasteiger partial charge in [0, 0.05) is 61.6 Å². The summed E-state index contributed by atoms with van der Waals surface area (Å²) in [5.74, 6) is 0.373. The summed E-state index contributed by atoms with van der Waals surface area (Å²) in [7, 11) is 1.56. The van der Waals surface area contributed by atoms with E-state index in [0.717, 1.165) is 0 Å². The highest BCUT2D eigenvalue weighted by Crippen LogP contribution is 2.41. The lowest BCUT2D eigenvalue weighted by molar-refractivity contribution is -0.141. The Balaban J connectivity index is 1.62. The van der Waals surface area contributed by atoms with Crippen molar-refractivity contribution in [3.63, 3.8) is 0 Å². The van der Waals surface area contributed by atoms with Gasteiger partial charge < -0.3 is 14.2 Å². The predicted molar refractivity (Wildman–Crippen MR) is 134 cm³/mol. The largest absolute Gasteiger partial charge is 0.497 e. The number of amides is 1. The summed E-state index contributed by atoms with van der Waals surface area (Å²) in [5.41, 5.74) is 1.74. The second-order valence-corrected chi connectivity index (χ2v) is 9.19. The molecular formula is C27H27F3N6O2. The lowest BCUT2D eigenvalue weighted by Crippen LogP contribution is -2.40. The monoisotopic (exact) mass is 524 g/mol. The molecule has 0 aliphatic carbocycles. The van der Waals surface area contributed by atoms with Crippen LogP contribution in [-0.2, 0) is 25.7 Å². The van der Waals surface area contributed by atoms with Gasteiger partial charge in [0.1, 0.15) is 5.75 Å². The standard InChI is InChI=1S/C27H27F3N6O2/c1-4-35-15-23(25(33-35)27(28,29)30)21-11-18(14-34-10-8-31-16-34)12-22-20(21)6-9-36(26(22)37)17(2)24-13-19(38-3)5-7-32-24/h5,7-8,10-13,15-17H,4,6,9,14H2,1-3H3/t17-/m1/s1. The van der Waals surface area contributed by atoms with Gasteiger partial charge in [-0.25, -0.2) is 4.98 Å². The lowest BCUT2D eigenvalue weighted by Gasteiger charge is -2.34. The number of hydrogen-bond donors (Lipinski definition) is 0. The molecule has 8 nitrogen and oxygen atoms in total. The van der Waals surface area contributed by atoms with Crippen LogP contribution in [0.25, 0.3) is 11.1 Å². The van der Waals surface area contributed by atoms with Gasteiger partial charge in [-0.1, -0.05) is 0 Å². The van der Waals surface area contributed by atoms with Crippen molar-refractivity contribution in [3.05, 3.63) is 83.5 Å². The molecule has 0 saturated carbocycles. The molecule has 4 heterocycles. The summed E-state index contributed by atoms with van der Waals surface area (Å²) in [6.07, 6.45) is 3.81. The molecule has 1 amide bonds. The minimum Gasteiger partial charge on any atom is -0.497 e. The van der Waals surface area contributed by atoms with E-state index in [0.29, 0.717) is 53.2 Å². The van der Waals surface area contributed by atoms with E-state index in [-0.39, 0.29) is 24.1 Å². The molecule has 0 spiro atoms. The molecule has 38 heavy (non-hydrogen) atoms. The molecule has 11 heteroatoms. The Kier molecular flexibility index (Phi) is 6.68. The van der Waals surface area contributed by atoms with Crippen LogP contribution in [0.2, 0.25) is 0 Å². The molecule has 1 aliphatic heterocycles. The van der Waals surface area contributed by atoms with Crippen LogP contribution >= 0.6 is 0 Å². The number of rotatable bonds is 7. The highest BCUT2D eigenvalue weighted by Gasteiger charge is 2.39. The number of halogens is 3. The molecule has 1 aromatic carbocycles. The first-order valence-electron chi connectivity index (χ1n) is 12.3. The van der Waals surface area contributed by atoms with Gasteiger partial charge in [-0.3, -0.25) is 14.5 Å². The Bertz CT molecular complexity index is 1460. The van der Waals surface area contributed by atoms with Crippen LogP contribution in [0.4, 0.5) is 13.2 Å². The molecule has 0 saturated heterocycles. The number of pyridine rings is 1. The maximum Gasteiger partial charge on any atom is 0.435 e. The van der Waals surface area contributed by atoms with Crippen LogP contribution in [0.5, 0.6) is 5.75 Å². The number of aromatic nitrogens is 5. The summed E-state index contributed by atoms with van der Waals surface area (Å²) < 4.78 is 50.5. The topological polar surface area (TPSA) is 78.1 Å². The predicted octanol–water partition coefficient (Wildman–Crippen LogP) is 5.00. The molecule has 0 bridgehead atoms. The molecule has 1 atom stereocenters. The average molecular weight is 525 g/mol. The molecule has 0 unspecified atom stereocenters. The van der Waals surface area contributed by atoms with E-state index in [1.807, 2.05) is 6.92 Å². The van der Waals surface area contributed by atoms with Crippen molar-refractivity contribution in [2.24, 2.45) is 0 Å². The van der Waals surface area contributed by atoms with Gasteiger partial charge in [-0.05, 0) is 55.2 Å².